The molecule has 2 aromatic heterocycles. The maximum atomic E-state index is 12.8. The number of nitrogens with zero attached hydrogens (tertiary/aromatic N) is 2. The molecular formula is C20H21ClN2O2S2. The highest BCUT2D eigenvalue weighted by molar-refractivity contribution is 7.12. The van der Waals surface area contributed by atoms with Gasteiger partial charge in [0.05, 0.1) is 17.1 Å². The topological polar surface area (TPSA) is 42.4 Å². The highest BCUT2D eigenvalue weighted by atomic mass is 35.5. The number of aromatic nitrogens is 1. The molecule has 7 heteroatoms. The van der Waals surface area contributed by atoms with Gasteiger partial charge in [-0.2, -0.15) is 0 Å². The van der Waals surface area contributed by atoms with Crippen LogP contribution in [-0.2, 0) is 13.2 Å². The van der Waals surface area contributed by atoms with E-state index >= 15 is 0 Å². The molecule has 0 aliphatic rings. The molecule has 0 aliphatic heterocycles. The molecule has 1 amide bonds. The molecule has 1 aromatic carbocycles. The Balaban J connectivity index is 1.66. The molecule has 0 N–H and O–H groups in total. The smallest absolute Gasteiger partial charge is 0.264 e. The van der Waals surface area contributed by atoms with Gasteiger partial charge >= 0.3 is 0 Å². The molecule has 0 saturated heterocycles. The van der Waals surface area contributed by atoms with Crippen LogP contribution in [0.3, 0.4) is 0 Å². The van der Waals surface area contributed by atoms with E-state index in [1.165, 1.54) is 22.7 Å². The standard InChI is InChI=1S/C20H21ClN2O2S2/c1-3-14(2)23(20(24)18-8-5-9-26-18)11-16-13-27-19(22-16)12-25-17-7-4-6-15(21)10-17/h4-10,13-14H,3,11-12H2,1-2H3. The van der Waals surface area contributed by atoms with Crippen molar-refractivity contribution >= 4 is 40.2 Å². The number of hydrogen-bond donors (Lipinski definition) is 0. The first-order chi connectivity index (χ1) is 13.1. The highest BCUT2D eigenvalue weighted by Gasteiger charge is 2.22. The Hall–Kier alpha value is -1.89. The molecule has 27 heavy (non-hydrogen) atoms. The summed E-state index contributed by atoms with van der Waals surface area (Å²) in [5, 5.41) is 5.44. The number of hydrogen-bond acceptors (Lipinski definition) is 5. The van der Waals surface area contributed by atoms with Crippen molar-refractivity contribution in [1.29, 1.82) is 0 Å². The van der Waals surface area contributed by atoms with Gasteiger partial charge in [0.2, 0.25) is 0 Å². The second-order valence-corrected chi connectivity index (χ2v) is 8.47. The van der Waals surface area contributed by atoms with Crippen LogP contribution in [0.2, 0.25) is 5.02 Å². The molecule has 3 rings (SSSR count). The number of carbonyl (C=O) groups excluding carboxylic acids is 1. The van der Waals surface area contributed by atoms with Crippen molar-refractivity contribution in [2.24, 2.45) is 0 Å². The van der Waals surface area contributed by atoms with E-state index in [2.05, 4.69) is 18.8 Å². The van der Waals surface area contributed by atoms with Gasteiger partial charge in [-0.1, -0.05) is 30.7 Å². The summed E-state index contributed by atoms with van der Waals surface area (Å²) in [5.41, 5.74) is 0.884. The largest absolute Gasteiger partial charge is 0.486 e. The van der Waals surface area contributed by atoms with Crippen LogP contribution in [0.15, 0.2) is 47.2 Å². The molecule has 0 saturated carbocycles. The van der Waals surface area contributed by atoms with Gasteiger partial charge in [-0.25, -0.2) is 4.98 Å². The van der Waals surface area contributed by atoms with Gasteiger partial charge in [0.25, 0.3) is 5.91 Å². The second kappa shape index (κ2) is 9.35. The summed E-state index contributed by atoms with van der Waals surface area (Å²) < 4.78 is 5.75. The molecule has 0 fully saturated rings. The normalized spacial score (nSPS) is 12.0. The van der Waals surface area contributed by atoms with Crippen LogP contribution in [0.5, 0.6) is 5.75 Å². The predicted octanol–water partition coefficient (Wildman–Crippen LogP) is 5.88. The number of halogens is 1. The lowest BCUT2D eigenvalue weighted by atomic mass is 10.2. The van der Waals surface area contributed by atoms with Crippen molar-refractivity contribution in [2.75, 3.05) is 0 Å². The first-order valence-corrected chi connectivity index (χ1v) is 10.9. The molecular weight excluding hydrogens is 400 g/mol. The lowest BCUT2D eigenvalue weighted by molar-refractivity contribution is 0.0674. The number of thiazole rings is 1. The molecule has 3 aromatic rings. The number of amides is 1. The van der Waals surface area contributed by atoms with Gasteiger partial charge in [0.15, 0.2) is 0 Å². The van der Waals surface area contributed by atoms with Gasteiger partial charge in [-0.15, -0.1) is 22.7 Å². The van der Waals surface area contributed by atoms with Crippen LogP contribution in [-0.4, -0.2) is 21.8 Å². The van der Waals surface area contributed by atoms with Gasteiger partial charge in [-0.3, -0.25) is 4.79 Å². The Labute approximate surface area is 172 Å². The van der Waals surface area contributed by atoms with Crippen molar-refractivity contribution in [2.45, 2.75) is 39.5 Å². The maximum absolute atomic E-state index is 12.8. The maximum Gasteiger partial charge on any atom is 0.264 e. The van der Waals surface area contributed by atoms with Crippen LogP contribution in [0.1, 0.15) is 40.6 Å². The van der Waals surface area contributed by atoms with Crippen LogP contribution in [0, 0.1) is 0 Å². The van der Waals surface area contributed by atoms with E-state index in [1.54, 1.807) is 6.07 Å². The van der Waals surface area contributed by atoms with Crippen LogP contribution in [0.25, 0.3) is 0 Å². The van der Waals surface area contributed by atoms with Gasteiger partial charge in [0, 0.05) is 16.4 Å². The first kappa shape index (κ1) is 19.9. The Bertz CT molecular complexity index is 880. The van der Waals surface area contributed by atoms with Crippen LogP contribution < -0.4 is 4.74 Å². The van der Waals surface area contributed by atoms with E-state index in [-0.39, 0.29) is 11.9 Å². The molecule has 1 unspecified atom stereocenters. The third-order valence-electron chi connectivity index (χ3n) is 4.21. The van der Waals surface area contributed by atoms with Crippen molar-refractivity contribution in [3.8, 4) is 5.75 Å². The molecule has 0 spiro atoms. The van der Waals surface area contributed by atoms with Crippen molar-refractivity contribution in [3.63, 3.8) is 0 Å². The molecule has 1 atom stereocenters. The number of benzene rings is 1. The van der Waals surface area contributed by atoms with E-state index in [4.69, 9.17) is 16.3 Å². The number of thiophene rings is 1. The van der Waals surface area contributed by atoms with Crippen LogP contribution >= 0.6 is 34.3 Å². The van der Waals surface area contributed by atoms with Crippen molar-refractivity contribution in [1.82, 2.24) is 9.88 Å². The Kier molecular flexibility index (Phi) is 6.88. The Morgan fingerprint density at radius 2 is 2.15 bits per heavy atom. The van der Waals surface area contributed by atoms with E-state index in [0.29, 0.717) is 23.9 Å². The summed E-state index contributed by atoms with van der Waals surface area (Å²) >= 11 is 8.98. The van der Waals surface area contributed by atoms with Crippen molar-refractivity contribution < 1.29 is 9.53 Å². The second-order valence-electron chi connectivity index (χ2n) is 6.15. The third kappa shape index (κ3) is 5.31. The minimum absolute atomic E-state index is 0.0593. The monoisotopic (exact) mass is 420 g/mol. The quantitative estimate of drug-likeness (QED) is 0.457. The molecule has 2 heterocycles. The average molecular weight is 421 g/mol. The SMILES string of the molecule is CCC(C)N(Cc1csc(COc2cccc(Cl)c2)n1)C(=O)c1cccs1. The van der Waals surface area contributed by atoms with Gasteiger partial charge in [-0.05, 0) is 43.0 Å². The fraction of sp³-hybridized carbons (Fsp3) is 0.300. The summed E-state index contributed by atoms with van der Waals surface area (Å²) in [6.07, 6.45) is 0.895. The van der Waals surface area contributed by atoms with Gasteiger partial charge in [0.1, 0.15) is 17.4 Å². The van der Waals surface area contributed by atoms with E-state index in [9.17, 15) is 4.79 Å². The minimum Gasteiger partial charge on any atom is -0.486 e. The third-order valence-corrected chi connectivity index (χ3v) is 6.17. The Morgan fingerprint density at radius 3 is 2.85 bits per heavy atom. The Morgan fingerprint density at radius 1 is 1.30 bits per heavy atom. The molecule has 0 aliphatic carbocycles. The minimum atomic E-state index is 0.0593. The number of rotatable bonds is 8. The molecule has 0 bridgehead atoms. The summed E-state index contributed by atoms with van der Waals surface area (Å²) in [7, 11) is 0. The summed E-state index contributed by atoms with van der Waals surface area (Å²) in [6.45, 7) is 5.04. The summed E-state index contributed by atoms with van der Waals surface area (Å²) in [6, 6.07) is 11.2. The molecule has 4 nitrogen and oxygen atoms in total. The van der Waals surface area contributed by atoms with Gasteiger partial charge < -0.3 is 9.64 Å². The summed E-state index contributed by atoms with van der Waals surface area (Å²) in [4.78, 5) is 20.1. The lowest BCUT2D eigenvalue weighted by Gasteiger charge is -2.27. The predicted molar refractivity (Wildman–Crippen MR) is 112 cm³/mol. The first-order valence-electron chi connectivity index (χ1n) is 8.73. The molecule has 0 radical (unpaired) electrons. The average Bonchev–Trinajstić information content (AvgIpc) is 3.35. The zero-order valence-corrected chi connectivity index (χ0v) is 17.6. The van der Waals surface area contributed by atoms with E-state index in [1.807, 2.05) is 46.0 Å². The van der Waals surface area contributed by atoms with Crippen molar-refractivity contribution in [3.05, 3.63) is 67.8 Å². The molecule has 142 valence electrons. The van der Waals surface area contributed by atoms with E-state index in [0.717, 1.165) is 22.0 Å². The fourth-order valence-corrected chi connectivity index (χ4v) is 4.11. The lowest BCUT2D eigenvalue weighted by Crippen LogP contribution is -2.37. The highest BCUT2D eigenvalue weighted by Crippen LogP contribution is 2.22. The van der Waals surface area contributed by atoms with Crippen LogP contribution in [0.4, 0.5) is 0 Å². The number of ether oxygens (including phenoxy) is 1. The fourth-order valence-electron chi connectivity index (χ4n) is 2.55. The zero-order valence-electron chi connectivity index (χ0n) is 15.2. The number of carbonyl (C=O) groups is 1. The summed E-state index contributed by atoms with van der Waals surface area (Å²) in [5.74, 6) is 0.775. The zero-order chi connectivity index (χ0) is 19.2. The van der Waals surface area contributed by atoms with E-state index < -0.39 is 0 Å².